The minimum absolute atomic E-state index is 0.136. The maximum Gasteiger partial charge on any atom is 0.423 e. The first-order valence-electron chi connectivity index (χ1n) is 5.45. The van der Waals surface area contributed by atoms with Crippen LogP contribution in [-0.2, 0) is 5.60 Å². The van der Waals surface area contributed by atoms with Gasteiger partial charge in [0.25, 0.3) is 0 Å². The number of aliphatic hydroxyl groups is 1. The lowest BCUT2D eigenvalue weighted by Gasteiger charge is -2.36. The van der Waals surface area contributed by atoms with Gasteiger partial charge in [-0.05, 0) is 25.5 Å². The molecule has 0 amide bonds. The minimum atomic E-state index is -5.04. The summed E-state index contributed by atoms with van der Waals surface area (Å²) in [6.07, 6.45) is -5.18. The van der Waals surface area contributed by atoms with Crippen molar-refractivity contribution in [2.45, 2.75) is 38.1 Å². The van der Waals surface area contributed by atoms with Gasteiger partial charge in [-0.25, -0.2) is 4.39 Å². The number of benzene rings is 1. The Morgan fingerprint density at radius 2 is 1.89 bits per heavy atom. The highest BCUT2D eigenvalue weighted by Gasteiger charge is 2.59. The van der Waals surface area contributed by atoms with Crippen LogP contribution in [0, 0.1) is 12.7 Å². The molecule has 0 saturated carbocycles. The van der Waals surface area contributed by atoms with Gasteiger partial charge < -0.3 is 10.8 Å². The Labute approximate surface area is 102 Å². The zero-order chi connectivity index (χ0) is 14.1. The first-order chi connectivity index (χ1) is 8.14. The van der Waals surface area contributed by atoms with Gasteiger partial charge in [-0.2, -0.15) is 13.2 Å². The van der Waals surface area contributed by atoms with Crippen LogP contribution in [-0.4, -0.2) is 17.3 Å². The molecule has 1 rings (SSSR count). The molecule has 102 valence electrons. The summed E-state index contributed by atoms with van der Waals surface area (Å²) < 4.78 is 52.7. The molecule has 0 bridgehead atoms. The molecule has 2 atom stereocenters. The van der Waals surface area contributed by atoms with E-state index in [1.807, 2.05) is 0 Å². The van der Waals surface area contributed by atoms with E-state index in [0.29, 0.717) is 5.56 Å². The summed E-state index contributed by atoms with van der Waals surface area (Å²) in [6.45, 7) is 2.91. The molecule has 1 aromatic carbocycles. The summed E-state index contributed by atoms with van der Waals surface area (Å²) in [7, 11) is 0. The van der Waals surface area contributed by atoms with Gasteiger partial charge in [-0.3, -0.25) is 0 Å². The number of nitrogens with two attached hydrogens (primary N) is 1. The lowest BCUT2D eigenvalue weighted by atomic mass is 9.83. The van der Waals surface area contributed by atoms with Crippen molar-refractivity contribution < 1.29 is 22.7 Å². The molecule has 6 heteroatoms. The van der Waals surface area contributed by atoms with Crippen LogP contribution in [0.25, 0.3) is 0 Å². The maximum atomic E-state index is 13.6. The fourth-order valence-electron chi connectivity index (χ4n) is 1.79. The molecule has 0 spiro atoms. The third-order valence-corrected chi connectivity index (χ3v) is 2.94. The van der Waals surface area contributed by atoms with Gasteiger partial charge in [0.2, 0.25) is 5.60 Å². The van der Waals surface area contributed by atoms with E-state index in [4.69, 9.17) is 5.73 Å². The van der Waals surface area contributed by atoms with Crippen LogP contribution < -0.4 is 5.73 Å². The molecule has 18 heavy (non-hydrogen) atoms. The van der Waals surface area contributed by atoms with Crippen molar-refractivity contribution >= 4 is 0 Å². The predicted octanol–water partition coefficient (Wildman–Crippen LogP) is 2.62. The summed E-state index contributed by atoms with van der Waals surface area (Å²) in [4.78, 5) is 0. The van der Waals surface area contributed by atoms with E-state index in [-0.39, 0.29) is 6.42 Å². The summed E-state index contributed by atoms with van der Waals surface area (Å²) in [5, 5.41) is 9.90. The third-order valence-electron chi connectivity index (χ3n) is 2.94. The Morgan fingerprint density at radius 1 is 1.33 bits per heavy atom. The SMILES string of the molecule is CCC(N)C(O)(c1cc(C)ccc1F)C(F)(F)F. The molecule has 0 aliphatic rings. The molecule has 0 aliphatic carbocycles. The number of hydrogen-bond acceptors (Lipinski definition) is 2. The fraction of sp³-hybridized carbons (Fsp3) is 0.500. The Bertz CT molecular complexity index is 433. The average Bonchev–Trinajstić information content (AvgIpc) is 2.28. The van der Waals surface area contributed by atoms with Crippen LogP contribution in [0.5, 0.6) is 0 Å². The van der Waals surface area contributed by atoms with Crippen molar-refractivity contribution in [2.75, 3.05) is 0 Å². The molecular formula is C12H15F4NO. The average molecular weight is 265 g/mol. The topological polar surface area (TPSA) is 46.2 Å². The number of alkyl halides is 3. The summed E-state index contributed by atoms with van der Waals surface area (Å²) in [6, 6.07) is 1.56. The van der Waals surface area contributed by atoms with Gasteiger partial charge in [-0.15, -0.1) is 0 Å². The zero-order valence-electron chi connectivity index (χ0n) is 10.1. The lowest BCUT2D eigenvalue weighted by molar-refractivity contribution is -0.275. The lowest BCUT2D eigenvalue weighted by Crippen LogP contribution is -2.55. The number of aryl methyl sites for hydroxylation is 1. The van der Waals surface area contributed by atoms with E-state index in [9.17, 15) is 22.7 Å². The zero-order valence-corrected chi connectivity index (χ0v) is 10.1. The highest BCUT2D eigenvalue weighted by atomic mass is 19.4. The maximum absolute atomic E-state index is 13.6. The summed E-state index contributed by atoms with van der Waals surface area (Å²) in [5.41, 5.74) is 1.56. The number of hydrogen-bond donors (Lipinski definition) is 2. The van der Waals surface area contributed by atoms with E-state index in [2.05, 4.69) is 0 Å². The second-order valence-electron chi connectivity index (χ2n) is 4.26. The van der Waals surface area contributed by atoms with E-state index >= 15 is 0 Å². The monoisotopic (exact) mass is 265 g/mol. The molecule has 2 unspecified atom stereocenters. The van der Waals surface area contributed by atoms with Crippen molar-refractivity contribution in [2.24, 2.45) is 5.73 Å². The molecule has 0 aliphatic heterocycles. The van der Waals surface area contributed by atoms with Crippen LogP contribution in [0.15, 0.2) is 18.2 Å². The fourth-order valence-corrected chi connectivity index (χ4v) is 1.79. The smallest absolute Gasteiger partial charge is 0.375 e. The van der Waals surface area contributed by atoms with Crippen molar-refractivity contribution in [1.29, 1.82) is 0 Å². The van der Waals surface area contributed by atoms with E-state index < -0.39 is 29.2 Å². The molecule has 0 radical (unpaired) electrons. The van der Waals surface area contributed by atoms with E-state index in [1.54, 1.807) is 0 Å². The van der Waals surface area contributed by atoms with Crippen molar-refractivity contribution in [1.82, 2.24) is 0 Å². The molecule has 3 N–H and O–H groups in total. The van der Waals surface area contributed by atoms with Gasteiger partial charge in [0.05, 0.1) is 0 Å². The standard InChI is InChI=1S/C12H15F4NO/c1-3-10(17)11(18,12(14,15)16)8-6-7(2)4-5-9(8)13/h4-6,10,18H,3,17H2,1-2H3. The second-order valence-corrected chi connectivity index (χ2v) is 4.26. The molecule has 1 aromatic rings. The molecule has 0 aromatic heterocycles. The molecule has 0 heterocycles. The summed E-state index contributed by atoms with van der Waals surface area (Å²) in [5.74, 6) is -1.12. The van der Waals surface area contributed by atoms with Gasteiger partial charge in [-0.1, -0.05) is 18.6 Å². The van der Waals surface area contributed by atoms with Crippen LogP contribution in [0.1, 0.15) is 24.5 Å². The first kappa shape index (κ1) is 14.9. The summed E-state index contributed by atoms with van der Waals surface area (Å²) >= 11 is 0. The Hall–Kier alpha value is -1.14. The first-order valence-corrected chi connectivity index (χ1v) is 5.45. The second kappa shape index (κ2) is 4.85. The van der Waals surface area contributed by atoms with Crippen LogP contribution in [0.2, 0.25) is 0 Å². The highest BCUT2D eigenvalue weighted by molar-refractivity contribution is 5.32. The molecule has 0 fully saturated rings. The Kier molecular flexibility index (Phi) is 4.02. The molecule has 0 saturated heterocycles. The van der Waals surface area contributed by atoms with Gasteiger partial charge in [0, 0.05) is 11.6 Å². The number of halogens is 4. The Morgan fingerprint density at radius 3 is 2.33 bits per heavy atom. The van der Waals surface area contributed by atoms with Gasteiger partial charge in [0.1, 0.15) is 5.82 Å². The van der Waals surface area contributed by atoms with Crippen LogP contribution >= 0.6 is 0 Å². The third kappa shape index (κ3) is 2.35. The highest BCUT2D eigenvalue weighted by Crippen LogP contribution is 2.43. The van der Waals surface area contributed by atoms with Crippen molar-refractivity contribution in [3.8, 4) is 0 Å². The number of rotatable bonds is 3. The minimum Gasteiger partial charge on any atom is -0.375 e. The predicted molar refractivity (Wildman–Crippen MR) is 59.4 cm³/mol. The van der Waals surface area contributed by atoms with Crippen LogP contribution in [0.3, 0.4) is 0 Å². The van der Waals surface area contributed by atoms with Gasteiger partial charge >= 0.3 is 6.18 Å². The van der Waals surface area contributed by atoms with Crippen molar-refractivity contribution in [3.05, 3.63) is 35.1 Å². The van der Waals surface area contributed by atoms with Crippen molar-refractivity contribution in [3.63, 3.8) is 0 Å². The normalized spacial score (nSPS) is 17.3. The van der Waals surface area contributed by atoms with E-state index in [0.717, 1.165) is 12.1 Å². The molecule has 2 nitrogen and oxygen atoms in total. The Balaban J connectivity index is 3.49. The largest absolute Gasteiger partial charge is 0.423 e. The molecular weight excluding hydrogens is 250 g/mol. The quantitative estimate of drug-likeness (QED) is 0.825. The van der Waals surface area contributed by atoms with Gasteiger partial charge in [0.15, 0.2) is 0 Å². The van der Waals surface area contributed by atoms with Crippen LogP contribution in [0.4, 0.5) is 17.6 Å². The van der Waals surface area contributed by atoms with E-state index in [1.165, 1.54) is 19.9 Å².